The van der Waals surface area contributed by atoms with E-state index in [9.17, 15) is 0 Å². The number of ether oxygens (including phenoxy) is 1. The van der Waals surface area contributed by atoms with Crippen LogP contribution in [0.5, 0.6) is 0 Å². The smallest absolute Gasteiger partial charge is 0.248 e. The maximum atomic E-state index is 5.82. The van der Waals surface area contributed by atoms with Crippen LogP contribution >= 0.6 is 0 Å². The first-order chi connectivity index (χ1) is 9.38. The van der Waals surface area contributed by atoms with Crippen molar-refractivity contribution in [1.82, 2.24) is 15.2 Å². The molecule has 3 heterocycles. The standard InChI is InChI=1S/C14H17N3O2/c1-2-10-8-15-6-5-12(10)14-17-16-13(19-14)11-4-3-7-18-9-11/h5-6,8,11H,2-4,7,9H2,1H3. The lowest BCUT2D eigenvalue weighted by Gasteiger charge is -2.18. The summed E-state index contributed by atoms with van der Waals surface area (Å²) < 4.78 is 11.3. The van der Waals surface area contributed by atoms with Gasteiger partial charge in [0, 0.05) is 24.6 Å². The van der Waals surface area contributed by atoms with Crippen LogP contribution in [0.1, 0.15) is 37.1 Å². The lowest BCUT2D eigenvalue weighted by Crippen LogP contribution is -2.15. The van der Waals surface area contributed by atoms with Crippen LogP contribution < -0.4 is 0 Å². The zero-order valence-electron chi connectivity index (χ0n) is 11.0. The van der Waals surface area contributed by atoms with Crippen LogP contribution in [0.3, 0.4) is 0 Å². The fourth-order valence-electron chi connectivity index (χ4n) is 2.36. The molecule has 0 radical (unpaired) electrons. The molecule has 0 aliphatic carbocycles. The van der Waals surface area contributed by atoms with Crippen molar-refractivity contribution >= 4 is 0 Å². The molecule has 1 atom stereocenters. The van der Waals surface area contributed by atoms with E-state index < -0.39 is 0 Å². The minimum Gasteiger partial charge on any atom is -0.420 e. The maximum absolute atomic E-state index is 5.82. The molecule has 1 fully saturated rings. The van der Waals surface area contributed by atoms with Crippen LogP contribution in [0.25, 0.3) is 11.5 Å². The van der Waals surface area contributed by atoms with Gasteiger partial charge in [-0.25, -0.2) is 0 Å². The fraction of sp³-hybridized carbons (Fsp3) is 0.500. The van der Waals surface area contributed by atoms with Crippen molar-refractivity contribution in [2.45, 2.75) is 32.1 Å². The molecule has 3 rings (SSSR count). The van der Waals surface area contributed by atoms with Gasteiger partial charge in [0.05, 0.1) is 12.5 Å². The molecule has 0 bridgehead atoms. The Kier molecular flexibility index (Phi) is 3.55. The lowest BCUT2D eigenvalue weighted by molar-refractivity contribution is 0.0727. The number of aromatic nitrogens is 3. The normalized spacial score (nSPS) is 19.5. The first kappa shape index (κ1) is 12.3. The van der Waals surface area contributed by atoms with Crippen molar-refractivity contribution < 1.29 is 9.15 Å². The largest absolute Gasteiger partial charge is 0.420 e. The summed E-state index contributed by atoms with van der Waals surface area (Å²) in [6, 6.07) is 1.92. The van der Waals surface area contributed by atoms with E-state index in [4.69, 9.17) is 9.15 Å². The highest BCUT2D eigenvalue weighted by atomic mass is 16.5. The number of hydrogen-bond donors (Lipinski definition) is 0. The minimum absolute atomic E-state index is 0.238. The summed E-state index contributed by atoms with van der Waals surface area (Å²) in [4.78, 5) is 4.13. The van der Waals surface area contributed by atoms with Gasteiger partial charge in [-0.2, -0.15) is 0 Å². The molecule has 1 aliphatic rings. The summed E-state index contributed by atoms with van der Waals surface area (Å²) in [6.07, 6.45) is 6.61. The molecule has 5 nitrogen and oxygen atoms in total. The molecule has 2 aromatic heterocycles. The molecule has 1 saturated heterocycles. The molecule has 0 aromatic carbocycles. The highest BCUT2D eigenvalue weighted by molar-refractivity contribution is 5.57. The van der Waals surface area contributed by atoms with Crippen LogP contribution in [-0.4, -0.2) is 28.4 Å². The Morgan fingerprint density at radius 2 is 2.32 bits per heavy atom. The third-order valence-corrected chi connectivity index (χ3v) is 3.47. The second kappa shape index (κ2) is 5.48. The van der Waals surface area contributed by atoms with Crippen molar-refractivity contribution in [3.05, 3.63) is 29.9 Å². The predicted octanol–water partition coefficient (Wildman–Crippen LogP) is 2.59. The van der Waals surface area contributed by atoms with E-state index in [0.717, 1.165) is 37.0 Å². The molecule has 0 spiro atoms. The van der Waals surface area contributed by atoms with Crippen LogP contribution in [-0.2, 0) is 11.2 Å². The van der Waals surface area contributed by atoms with Gasteiger partial charge in [0.25, 0.3) is 0 Å². The summed E-state index contributed by atoms with van der Waals surface area (Å²) in [7, 11) is 0. The van der Waals surface area contributed by atoms with Crippen LogP contribution in [0.2, 0.25) is 0 Å². The number of hydrogen-bond acceptors (Lipinski definition) is 5. The summed E-state index contributed by atoms with van der Waals surface area (Å²) >= 11 is 0. The first-order valence-corrected chi connectivity index (χ1v) is 6.73. The van der Waals surface area contributed by atoms with Gasteiger partial charge in [-0.3, -0.25) is 4.98 Å². The van der Waals surface area contributed by atoms with E-state index >= 15 is 0 Å². The predicted molar refractivity (Wildman–Crippen MR) is 69.7 cm³/mol. The topological polar surface area (TPSA) is 61.0 Å². The molecular formula is C14H17N3O2. The highest BCUT2D eigenvalue weighted by Crippen LogP contribution is 2.28. The van der Waals surface area contributed by atoms with Gasteiger partial charge in [0.1, 0.15) is 0 Å². The van der Waals surface area contributed by atoms with Crippen LogP contribution in [0.15, 0.2) is 22.9 Å². The van der Waals surface area contributed by atoms with Gasteiger partial charge in [-0.15, -0.1) is 10.2 Å². The molecule has 1 unspecified atom stereocenters. The Hall–Kier alpha value is -1.75. The van der Waals surface area contributed by atoms with Crippen molar-refractivity contribution in [3.8, 4) is 11.5 Å². The molecule has 0 amide bonds. The third-order valence-electron chi connectivity index (χ3n) is 3.47. The van der Waals surface area contributed by atoms with Gasteiger partial charge in [0.15, 0.2) is 0 Å². The molecule has 0 saturated carbocycles. The van der Waals surface area contributed by atoms with Gasteiger partial charge in [0.2, 0.25) is 11.8 Å². The lowest BCUT2D eigenvalue weighted by atomic mass is 10.0. The monoisotopic (exact) mass is 259 g/mol. The van der Waals surface area contributed by atoms with Gasteiger partial charge in [-0.05, 0) is 30.9 Å². The van der Waals surface area contributed by atoms with E-state index in [0.29, 0.717) is 18.4 Å². The van der Waals surface area contributed by atoms with Crippen LogP contribution in [0.4, 0.5) is 0 Å². The SMILES string of the molecule is CCc1cnccc1-c1nnc(C2CCCOC2)o1. The van der Waals surface area contributed by atoms with Crippen molar-refractivity contribution in [2.75, 3.05) is 13.2 Å². The molecule has 5 heteroatoms. The maximum Gasteiger partial charge on any atom is 0.248 e. The number of nitrogens with zero attached hydrogens (tertiary/aromatic N) is 3. The summed E-state index contributed by atoms with van der Waals surface area (Å²) in [5.74, 6) is 1.51. The number of pyridine rings is 1. The molecule has 100 valence electrons. The van der Waals surface area contributed by atoms with Crippen molar-refractivity contribution in [3.63, 3.8) is 0 Å². The van der Waals surface area contributed by atoms with E-state index in [1.165, 1.54) is 0 Å². The van der Waals surface area contributed by atoms with Crippen molar-refractivity contribution in [1.29, 1.82) is 0 Å². The van der Waals surface area contributed by atoms with E-state index in [2.05, 4.69) is 22.1 Å². The quantitative estimate of drug-likeness (QED) is 0.847. The highest BCUT2D eigenvalue weighted by Gasteiger charge is 2.22. The summed E-state index contributed by atoms with van der Waals surface area (Å²) in [6.45, 7) is 3.60. The zero-order valence-corrected chi connectivity index (χ0v) is 11.0. The van der Waals surface area contributed by atoms with Gasteiger partial charge in [-0.1, -0.05) is 6.92 Å². The zero-order chi connectivity index (χ0) is 13.1. The van der Waals surface area contributed by atoms with E-state index in [1.54, 1.807) is 6.20 Å². The van der Waals surface area contributed by atoms with E-state index in [1.807, 2.05) is 12.3 Å². The Morgan fingerprint density at radius 3 is 3.11 bits per heavy atom. The average molecular weight is 259 g/mol. The average Bonchev–Trinajstić information content (AvgIpc) is 2.98. The molecule has 0 N–H and O–H groups in total. The third kappa shape index (κ3) is 2.51. The Balaban J connectivity index is 1.88. The number of aryl methyl sites for hydroxylation is 1. The minimum atomic E-state index is 0.238. The molecule has 19 heavy (non-hydrogen) atoms. The Labute approximate surface area is 112 Å². The number of rotatable bonds is 3. The molecule has 1 aliphatic heterocycles. The first-order valence-electron chi connectivity index (χ1n) is 6.73. The molecular weight excluding hydrogens is 242 g/mol. The Morgan fingerprint density at radius 1 is 1.37 bits per heavy atom. The fourth-order valence-corrected chi connectivity index (χ4v) is 2.36. The van der Waals surface area contributed by atoms with Crippen LogP contribution in [0, 0.1) is 0 Å². The van der Waals surface area contributed by atoms with Gasteiger partial charge >= 0.3 is 0 Å². The second-order valence-corrected chi connectivity index (χ2v) is 4.75. The van der Waals surface area contributed by atoms with Crippen molar-refractivity contribution in [2.24, 2.45) is 0 Å². The van der Waals surface area contributed by atoms with Gasteiger partial charge < -0.3 is 9.15 Å². The van der Waals surface area contributed by atoms with E-state index in [-0.39, 0.29) is 5.92 Å². The second-order valence-electron chi connectivity index (χ2n) is 4.75. The summed E-state index contributed by atoms with van der Waals surface area (Å²) in [5.41, 5.74) is 2.10. The Bertz CT molecular complexity index is 547. The summed E-state index contributed by atoms with van der Waals surface area (Å²) in [5, 5.41) is 8.34. The molecule has 2 aromatic rings.